The SMILES string of the molecule is O=c1oc2ccccc2cc1C1=NO[C@@H](c2ccc(Cl)cc2)C1. The first-order chi connectivity index (χ1) is 11.2. The molecule has 0 amide bonds. The maximum absolute atomic E-state index is 12.2. The van der Waals surface area contributed by atoms with Crippen molar-refractivity contribution in [1.82, 2.24) is 0 Å². The van der Waals surface area contributed by atoms with Crippen molar-refractivity contribution in [2.45, 2.75) is 12.5 Å². The van der Waals surface area contributed by atoms with Gasteiger partial charge in [-0.05, 0) is 29.8 Å². The molecular formula is C18H12ClNO3. The van der Waals surface area contributed by atoms with Crippen LogP contribution in [0.3, 0.4) is 0 Å². The molecule has 1 aromatic heterocycles. The van der Waals surface area contributed by atoms with E-state index in [-0.39, 0.29) is 6.10 Å². The van der Waals surface area contributed by atoms with Gasteiger partial charge in [0.15, 0.2) is 6.10 Å². The summed E-state index contributed by atoms with van der Waals surface area (Å²) < 4.78 is 5.35. The third-order valence-electron chi connectivity index (χ3n) is 3.86. The van der Waals surface area contributed by atoms with Crippen molar-refractivity contribution in [2.75, 3.05) is 0 Å². The summed E-state index contributed by atoms with van der Waals surface area (Å²) in [6.45, 7) is 0. The molecule has 2 aromatic carbocycles. The third kappa shape index (κ3) is 2.62. The van der Waals surface area contributed by atoms with Crippen LogP contribution < -0.4 is 5.63 Å². The first-order valence-corrected chi connectivity index (χ1v) is 7.60. The maximum Gasteiger partial charge on any atom is 0.345 e. The molecule has 4 rings (SSSR count). The van der Waals surface area contributed by atoms with Crippen molar-refractivity contribution in [1.29, 1.82) is 0 Å². The second-order valence-corrected chi connectivity index (χ2v) is 5.81. The zero-order valence-electron chi connectivity index (χ0n) is 12.0. The zero-order valence-corrected chi connectivity index (χ0v) is 12.8. The minimum atomic E-state index is -0.400. The molecule has 0 radical (unpaired) electrons. The maximum atomic E-state index is 12.2. The van der Waals surface area contributed by atoms with E-state index in [2.05, 4.69) is 5.16 Å². The highest BCUT2D eigenvalue weighted by molar-refractivity contribution is 6.30. The number of fused-ring (bicyclic) bond motifs is 1. The lowest BCUT2D eigenvalue weighted by atomic mass is 10.0. The Kier molecular flexibility index (Phi) is 3.39. The molecule has 0 bridgehead atoms. The highest BCUT2D eigenvalue weighted by Gasteiger charge is 2.26. The molecule has 0 spiro atoms. The number of hydrogen-bond acceptors (Lipinski definition) is 4. The number of halogens is 1. The quantitative estimate of drug-likeness (QED) is 0.660. The van der Waals surface area contributed by atoms with Crippen LogP contribution in [-0.2, 0) is 4.84 Å². The number of benzene rings is 2. The monoisotopic (exact) mass is 325 g/mol. The van der Waals surface area contributed by atoms with Crippen molar-refractivity contribution in [3.63, 3.8) is 0 Å². The van der Waals surface area contributed by atoms with Gasteiger partial charge in [-0.3, -0.25) is 0 Å². The Morgan fingerprint density at radius 2 is 1.87 bits per heavy atom. The molecule has 0 saturated carbocycles. The minimum absolute atomic E-state index is 0.215. The Labute approximate surface area is 136 Å². The van der Waals surface area contributed by atoms with Crippen molar-refractivity contribution >= 4 is 28.3 Å². The second-order valence-electron chi connectivity index (χ2n) is 5.37. The molecule has 4 nitrogen and oxygen atoms in total. The van der Waals surface area contributed by atoms with E-state index < -0.39 is 5.63 Å². The van der Waals surface area contributed by atoms with Gasteiger partial charge in [0.2, 0.25) is 0 Å². The highest BCUT2D eigenvalue weighted by Crippen LogP contribution is 2.30. The number of hydrogen-bond donors (Lipinski definition) is 0. The molecule has 0 N–H and O–H groups in total. The Morgan fingerprint density at radius 3 is 2.70 bits per heavy atom. The summed E-state index contributed by atoms with van der Waals surface area (Å²) in [6.07, 6.45) is 0.304. The van der Waals surface area contributed by atoms with Crippen molar-refractivity contribution in [3.8, 4) is 0 Å². The topological polar surface area (TPSA) is 51.8 Å². The van der Waals surface area contributed by atoms with Crippen molar-refractivity contribution < 1.29 is 9.25 Å². The predicted octanol–water partition coefficient (Wildman–Crippen LogP) is 4.31. The molecule has 1 aliphatic heterocycles. The second kappa shape index (κ2) is 5.56. The van der Waals surface area contributed by atoms with E-state index in [0.29, 0.717) is 28.3 Å². The van der Waals surface area contributed by atoms with E-state index in [1.807, 2.05) is 42.5 Å². The molecule has 2 heterocycles. The summed E-state index contributed by atoms with van der Waals surface area (Å²) in [6, 6.07) is 16.6. The molecule has 3 aromatic rings. The van der Waals surface area contributed by atoms with Gasteiger partial charge < -0.3 is 9.25 Å². The Morgan fingerprint density at radius 1 is 1.09 bits per heavy atom. The molecular weight excluding hydrogens is 314 g/mol. The van der Waals surface area contributed by atoms with Crippen molar-refractivity contribution in [2.24, 2.45) is 5.16 Å². The number of rotatable bonds is 2. The Bertz CT molecular complexity index is 960. The summed E-state index contributed by atoms with van der Waals surface area (Å²) in [5, 5.41) is 5.61. The van der Waals surface area contributed by atoms with E-state index >= 15 is 0 Å². The van der Waals surface area contributed by atoms with Crippen LogP contribution in [0.2, 0.25) is 5.02 Å². The molecule has 0 fully saturated rings. The summed E-state index contributed by atoms with van der Waals surface area (Å²) in [5.74, 6) is 0. The average Bonchev–Trinajstić information content (AvgIpc) is 3.04. The number of oxime groups is 1. The first-order valence-electron chi connectivity index (χ1n) is 7.22. The van der Waals surface area contributed by atoms with Gasteiger partial charge in [0.1, 0.15) is 5.58 Å². The number of nitrogens with zero attached hydrogens (tertiary/aromatic N) is 1. The smallest absolute Gasteiger partial charge is 0.345 e. The highest BCUT2D eigenvalue weighted by atomic mass is 35.5. The van der Waals surface area contributed by atoms with Gasteiger partial charge >= 0.3 is 5.63 Å². The van der Waals surface area contributed by atoms with Crippen LogP contribution in [-0.4, -0.2) is 5.71 Å². The zero-order chi connectivity index (χ0) is 15.8. The predicted molar refractivity (Wildman–Crippen MR) is 88.9 cm³/mol. The van der Waals surface area contributed by atoms with Crippen LogP contribution >= 0.6 is 11.6 Å². The minimum Gasteiger partial charge on any atom is -0.422 e. The van der Waals surface area contributed by atoms with E-state index in [1.165, 1.54) is 0 Å². The van der Waals surface area contributed by atoms with E-state index in [9.17, 15) is 4.79 Å². The van der Waals surface area contributed by atoms with Crippen LogP contribution in [0.15, 0.2) is 69.0 Å². The van der Waals surface area contributed by atoms with Gasteiger partial charge in [-0.1, -0.05) is 47.1 Å². The molecule has 114 valence electrons. The van der Waals surface area contributed by atoms with Gasteiger partial charge in [0.25, 0.3) is 0 Å². The van der Waals surface area contributed by atoms with Crippen LogP contribution in [0.5, 0.6) is 0 Å². The fourth-order valence-corrected chi connectivity index (χ4v) is 2.78. The summed E-state index contributed by atoms with van der Waals surface area (Å²) in [4.78, 5) is 17.7. The van der Waals surface area contributed by atoms with Gasteiger partial charge in [-0.25, -0.2) is 4.79 Å². The van der Waals surface area contributed by atoms with E-state index in [4.69, 9.17) is 20.9 Å². The van der Waals surface area contributed by atoms with Crippen molar-refractivity contribution in [3.05, 3.63) is 81.2 Å². The third-order valence-corrected chi connectivity index (χ3v) is 4.11. The fourth-order valence-electron chi connectivity index (χ4n) is 2.66. The van der Waals surface area contributed by atoms with E-state index in [0.717, 1.165) is 10.9 Å². The molecule has 1 aliphatic rings. The largest absolute Gasteiger partial charge is 0.422 e. The Hall–Kier alpha value is -2.59. The summed E-state index contributed by atoms with van der Waals surface area (Å²) >= 11 is 5.90. The van der Waals surface area contributed by atoms with Crippen LogP contribution in [0.25, 0.3) is 11.0 Å². The average molecular weight is 326 g/mol. The normalized spacial score (nSPS) is 17.1. The fraction of sp³-hybridized carbons (Fsp3) is 0.111. The van der Waals surface area contributed by atoms with Crippen LogP contribution in [0.1, 0.15) is 23.7 Å². The lowest BCUT2D eigenvalue weighted by Crippen LogP contribution is -2.13. The summed E-state index contributed by atoms with van der Waals surface area (Å²) in [7, 11) is 0. The first kappa shape index (κ1) is 14.0. The van der Waals surface area contributed by atoms with Gasteiger partial charge in [0.05, 0.1) is 11.3 Å². The molecule has 23 heavy (non-hydrogen) atoms. The van der Waals surface area contributed by atoms with Gasteiger partial charge in [-0.15, -0.1) is 0 Å². The molecule has 0 saturated heterocycles. The lowest BCUT2D eigenvalue weighted by molar-refractivity contribution is 0.0857. The standard InChI is InChI=1S/C18H12ClNO3/c19-13-7-5-11(6-8-13)17-10-15(20-23-17)14-9-12-3-1-2-4-16(12)22-18(14)21/h1-9,17H,10H2/t17-/m1/s1. The molecule has 0 unspecified atom stereocenters. The molecule has 1 atom stereocenters. The van der Waals surface area contributed by atoms with E-state index in [1.54, 1.807) is 12.1 Å². The van der Waals surface area contributed by atoms with Crippen LogP contribution in [0.4, 0.5) is 0 Å². The number of para-hydroxylation sites is 1. The Balaban J connectivity index is 1.66. The molecule has 5 heteroatoms. The molecule has 0 aliphatic carbocycles. The lowest BCUT2D eigenvalue weighted by Gasteiger charge is -2.08. The van der Waals surface area contributed by atoms with Gasteiger partial charge in [0, 0.05) is 16.8 Å². The van der Waals surface area contributed by atoms with Gasteiger partial charge in [-0.2, -0.15) is 0 Å². The summed E-state index contributed by atoms with van der Waals surface area (Å²) in [5.41, 5.74) is 2.18. The van der Waals surface area contributed by atoms with Crippen LogP contribution in [0, 0.1) is 0 Å².